The molecule has 1 aromatic rings. The van der Waals surface area contributed by atoms with Crippen LogP contribution >= 0.6 is 0 Å². The van der Waals surface area contributed by atoms with Crippen LogP contribution in [0.2, 0.25) is 0 Å². The van der Waals surface area contributed by atoms with Gasteiger partial charge in [0.15, 0.2) is 6.29 Å². The zero-order valence-electron chi connectivity index (χ0n) is 9.80. The molecule has 1 aliphatic heterocycles. The minimum absolute atomic E-state index is 0.0275. The van der Waals surface area contributed by atoms with Crippen molar-refractivity contribution < 1.29 is 9.59 Å². The van der Waals surface area contributed by atoms with Gasteiger partial charge in [-0.1, -0.05) is 0 Å². The Balaban J connectivity index is 1.93. The summed E-state index contributed by atoms with van der Waals surface area (Å²) in [7, 11) is 1.64. The second-order valence-electron chi connectivity index (χ2n) is 4.22. The lowest BCUT2D eigenvalue weighted by molar-refractivity contribution is -0.121. The zero-order valence-corrected chi connectivity index (χ0v) is 9.80. The van der Waals surface area contributed by atoms with Crippen molar-refractivity contribution in [1.82, 2.24) is 20.0 Å². The summed E-state index contributed by atoms with van der Waals surface area (Å²) in [6, 6.07) is 0.258. The summed E-state index contributed by atoms with van der Waals surface area (Å²) in [5.74, 6) is 0.0275. The van der Waals surface area contributed by atoms with Gasteiger partial charge < -0.3 is 5.32 Å². The summed E-state index contributed by atoms with van der Waals surface area (Å²) in [6.07, 6.45) is 5.06. The maximum absolute atomic E-state index is 11.2. The molecule has 1 amide bonds. The van der Waals surface area contributed by atoms with Crippen LogP contribution in [0, 0.1) is 0 Å². The molecule has 0 aliphatic carbocycles. The minimum Gasteiger partial charge on any atom is -0.358 e. The Morgan fingerprint density at radius 2 is 2.53 bits per heavy atom. The second-order valence-corrected chi connectivity index (χ2v) is 4.22. The van der Waals surface area contributed by atoms with Crippen LogP contribution in [0.3, 0.4) is 0 Å². The molecule has 0 saturated carbocycles. The van der Waals surface area contributed by atoms with Crippen LogP contribution in [0.5, 0.6) is 0 Å². The summed E-state index contributed by atoms with van der Waals surface area (Å²) < 4.78 is 1.81. The van der Waals surface area contributed by atoms with Gasteiger partial charge in [-0.15, -0.1) is 0 Å². The maximum Gasteiger partial charge on any atom is 0.233 e. The first kappa shape index (κ1) is 11.8. The molecule has 0 spiro atoms. The molecule has 0 aromatic carbocycles. The van der Waals surface area contributed by atoms with Crippen molar-refractivity contribution in [1.29, 1.82) is 0 Å². The monoisotopic (exact) mass is 236 g/mol. The Morgan fingerprint density at radius 3 is 3.18 bits per heavy atom. The first-order valence-electron chi connectivity index (χ1n) is 5.65. The fourth-order valence-electron chi connectivity index (χ4n) is 2.07. The van der Waals surface area contributed by atoms with Gasteiger partial charge in [-0.2, -0.15) is 5.10 Å². The Kier molecular flexibility index (Phi) is 3.53. The zero-order chi connectivity index (χ0) is 12.3. The van der Waals surface area contributed by atoms with Gasteiger partial charge in [-0.25, -0.2) is 0 Å². The molecule has 1 atom stereocenters. The van der Waals surface area contributed by atoms with E-state index in [1.807, 2.05) is 4.68 Å². The third-order valence-corrected chi connectivity index (χ3v) is 3.03. The Bertz CT molecular complexity index is 415. The number of likely N-dealkylation sites (N-methyl/N-ethyl adjacent to an activating group) is 1. The molecular weight excluding hydrogens is 220 g/mol. The molecular formula is C11H16N4O2. The summed E-state index contributed by atoms with van der Waals surface area (Å²) in [6.45, 7) is 2.11. The smallest absolute Gasteiger partial charge is 0.233 e. The van der Waals surface area contributed by atoms with E-state index >= 15 is 0 Å². The largest absolute Gasteiger partial charge is 0.358 e. The van der Waals surface area contributed by atoms with Gasteiger partial charge >= 0.3 is 0 Å². The fourth-order valence-corrected chi connectivity index (χ4v) is 2.07. The molecule has 2 rings (SSSR count). The molecule has 92 valence electrons. The Morgan fingerprint density at radius 1 is 1.71 bits per heavy atom. The van der Waals surface area contributed by atoms with Crippen LogP contribution < -0.4 is 5.32 Å². The van der Waals surface area contributed by atoms with Gasteiger partial charge in [0.05, 0.1) is 24.3 Å². The van der Waals surface area contributed by atoms with E-state index in [1.54, 1.807) is 19.4 Å². The summed E-state index contributed by atoms with van der Waals surface area (Å²) in [5, 5.41) is 6.77. The molecule has 0 radical (unpaired) electrons. The molecule has 1 fully saturated rings. The molecule has 1 aliphatic rings. The van der Waals surface area contributed by atoms with Crippen LogP contribution in [-0.4, -0.2) is 53.6 Å². The number of likely N-dealkylation sites (tertiary alicyclic amines) is 1. The van der Waals surface area contributed by atoms with Crippen molar-refractivity contribution in [2.24, 2.45) is 0 Å². The first-order valence-corrected chi connectivity index (χ1v) is 5.65. The van der Waals surface area contributed by atoms with Crippen LogP contribution in [0.25, 0.3) is 0 Å². The highest BCUT2D eigenvalue weighted by atomic mass is 16.2. The van der Waals surface area contributed by atoms with E-state index in [-0.39, 0.29) is 11.9 Å². The van der Waals surface area contributed by atoms with Gasteiger partial charge in [0.25, 0.3) is 0 Å². The van der Waals surface area contributed by atoms with Gasteiger partial charge in [0.2, 0.25) is 5.91 Å². The minimum atomic E-state index is 0.0275. The number of rotatable bonds is 4. The Labute approximate surface area is 99.6 Å². The van der Waals surface area contributed by atoms with Crippen molar-refractivity contribution in [3.8, 4) is 0 Å². The molecule has 17 heavy (non-hydrogen) atoms. The van der Waals surface area contributed by atoms with Crippen molar-refractivity contribution in [3.63, 3.8) is 0 Å². The summed E-state index contributed by atoms with van der Waals surface area (Å²) >= 11 is 0. The molecule has 1 aromatic heterocycles. The normalized spacial score (nSPS) is 20.4. The number of nitrogens with one attached hydrogen (secondary N) is 1. The fraction of sp³-hybridized carbons (Fsp3) is 0.545. The lowest BCUT2D eigenvalue weighted by Crippen LogP contribution is -2.34. The molecule has 6 heteroatoms. The number of aromatic nitrogens is 2. The molecule has 1 saturated heterocycles. The van der Waals surface area contributed by atoms with E-state index in [4.69, 9.17) is 0 Å². The summed E-state index contributed by atoms with van der Waals surface area (Å²) in [5.41, 5.74) is 0.592. The van der Waals surface area contributed by atoms with Gasteiger partial charge in [0.1, 0.15) is 0 Å². The average molecular weight is 236 g/mol. The van der Waals surface area contributed by atoms with Crippen LogP contribution in [0.1, 0.15) is 22.8 Å². The van der Waals surface area contributed by atoms with Gasteiger partial charge in [-0.05, 0) is 6.42 Å². The molecule has 1 N–H and O–H groups in total. The number of aldehydes is 1. The first-order chi connectivity index (χ1) is 8.22. The number of hydrogen-bond donors (Lipinski definition) is 1. The lowest BCUT2D eigenvalue weighted by Gasteiger charge is -2.14. The average Bonchev–Trinajstić information content (AvgIpc) is 2.96. The SMILES string of the molecule is CNC(=O)CN1CCC(n2cc(C=O)cn2)C1. The third kappa shape index (κ3) is 2.71. The Hall–Kier alpha value is -1.69. The number of nitrogens with zero attached hydrogens (tertiary/aromatic N) is 3. The predicted octanol–water partition coefficient (Wildman–Crippen LogP) is -0.312. The van der Waals surface area contributed by atoms with E-state index in [9.17, 15) is 9.59 Å². The van der Waals surface area contributed by atoms with E-state index < -0.39 is 0 Å². The molecule has 2 heterocycles. The number of hydrogen-bond acceptors (Lipinski definition) is 4. The van der Waals surface area contributed by atoms with Crippen molar-refractivity contribution in [2.75, 3.05) is 26.7 Å². The third-order valence-electron chi connectivity index (χ3n) is 3.03. The second kappa shape index (κ2) is 5.09. The number of amides is 1. The van der Waals surface area contributed by atoms with Crippen molar-refractivity contribution in [3.05, 3.63) is 18.0 Å². The van der Waals surface area contributed by atoms with Gasteiger partial charge in [0, 0.05) is 26.3 Å². The molecule has 1 unspecified atom stereocenters. The van der Waals surface area contributed by atoms with E-state index in [1.165, 1.54) is 0 Å². The van der Waals surface area contributed by atoms with E-state index in [2.05, 4.69) is 15.3 Å². The van der Waals surface area contributed by atoms with Crippen LogP contribution in [0.4, 0.5) is 0 Å². The lowest BCUT2D eigenvalue weighted by atomic mass is 10.3. The topological polar surface area (TPSA) is 67.2 Å². The molecule has 0 bridgehead atoms. The summed E-state index contributed by atoms with van der Waals surface area (Å²) in [4.78, 5) is 23.9. The van der Waals surface area contributed by atoms with Crippen LogP contribution in [0.15, 0.2) is 12.4 Å². The standard InChI is InChI=1S/C11H16N4O2/c1-12-11(17)7-14-3-2-10(6-14)15-5-9(8-16)4-13-15/h4-5,8,10H,2-3,6-7H2,1H3,(H,12,17). The molecule has 6 nitrogen and oxygen atoms in total. The predicted molar refractivity (Wildman–Crippen MR) is 61.8 cm³/mol. The highest BCUT2D eigenvalue weighted by molar-refractivity contribution is 5.77. The highest BCUT2D eigenvalue weighted by Crippen LogP contribution is 2.20. The quantitative estimate of drug-likeness (QED) is 0.728. The van der Waals surface area contributed by atoms with Crippen LogP contribution in [-0.2, 0) is 4.79 Å². The van der Waals surface area contributed by atoms with E-state index in [0.29, 0.717) is 12.1 Å². The van der Waals surface area contributed by atoms with Crippen molar-refractivity contribution in [2.45, 2.75) is 12.5 Å². The van der Waals surface area contributed by atoms with E-state index in [0.717, 1.165) is 25.8 Å². The van der Waals surface area contributed by atoms with Gasteiger partial charge in [-0.3, -0.25) is 19.2 Å². The highest BCUT2D eigenvalue weighted by Gasteiger charge is 2.25. The number of carbonyl (C=O) groups excluding carboxylic acids is 2. The van der Waals surface area contributed by atoms with Crippen molar-refractivity contribution >= 4 is 12.2 Å². The maximum atomic E-state index is 11.2. The number of carbonyl (C=O) groups is 2.